The number of benzene rings is 1. The van der Waals surface area contributed by atoms with Crippen molar-refractivity contribution in [3.05, 3.63) is 63.6 Å². The Bertz CT molecular complexity index is 791. The van der Waals surface area contributed by atoms with Crippen LogP contribution in [0.2, 0.25) is 0 Å². The number of carbonyl (C=O) groups excluding carboxylic acids is 1. The molecule has 2 aromatic rings. The van der Waals surface area contributed by atoms with Gasteiger partial charge in [-0.05, 0) is 61.9 Å². The van der Waals surface area contributed by atoms with Gasteiger partial charge >= 0.3 is 0 Å². The first-order valence-corrected chi connectivity index (χ1v) is 8.24. The van der Waals surface area contributed by atoms with E-state index in [1.807, 2.05) is 25.1 Å². The minimum absolute atomic E-state index is 0.0652. The van der Waals surface area contributed by atoms with E-state index < -0.39 is 0 Å². The van der Waals surface area contributed by atoms with Gasteiger partial charge in [0.25, 0.3) is 11.5 Å². The third-order valence-corrected chi connectivity index (χ3v) is 4.63. The molecule has 0 spiro atoms. The van der Waals surface area contributed by atoms with E-state index in [1.165, 1.54) is 0 Å². The topological polar surface area (TPSA) is 73.4 Å². The summed E-state index contributed by atoms with van der Waals surface area (Å²) in [5.41, 5.74) is 1.82. The van der Waals surface area contributed by atoms with Gasteiger partial charge in [0.05, 0.1) is 0 Å². The van der Waals surface area contributed by atoms with Crippen LogP contribution in [0.5, 0.6) is 5.75 Å². The summed E-state index contributed by atoms with van der Waals surface area (Å²) in [7, 11) is 1.71. The van der Waals surface area contributed by atoms with Gasteiger partial charge in [-0.3, -0.25) is 9.59 Å². The minimum Gasteiger partial charge on any atom is -0.508 e. The zero-order chi connectivity index (χ0) is 17.3. The highest BCUT2D eigenvalue weighted by Gasteiger charge is 2.26. The van der Waals surface area contributed by atoms with Crippen molar-refractivity contribution in [3.8, 4) is 5.75 Å². The Morgan fingerprint density at radius 1 is 1.25 bits per heavy atom. The molecule has 1 aliphatic rings. The van der Waals surface area contributed by atoms with Crippen molar-refractivity contribution in [1.82, 2.24) is 9.88 Å². The van der Waals surface area contributed by atoms with Crippen LogP contribution < -0.4 is 5.56 Å². The fourth-order valence-corrected chi connectivity index (χ4v) is 2.79. The number of amides is 1. The number of hydrogen-bond acceptors (Lipinski definition) is 3. The molecule has 1 aliphatic carbocycles. The van der Waals surface area contributed by atoms with Crippen molar-refractivity contribution in [1.29, 1.82) is 0 Å². The SMILES string of the molecule is CC(Cc1ccc(O)cc1)N(C)C(=O)c1ccc(C2CC2)[nH]c1=O. The maximum atomic E-state index is 12.6. The van der Waals surface area contributed by atoms with Crippen LogP contribution in [0.25, 0.3) is 0 Å². The second-order valence-electron chi connectivity index (χ2n) is 6.57. The number of phenolic OH excluding ortho intramolecular Hbond substituents is 1. The third-order valence-electron chi connectivity index (χ3n) is 4.63. The average molecular weight is 326 g/mol. The van der Waals surface area contributed by atoms with E-state index in [1.54, 1.807) is 30.1 Å². The van der Waals surface area contributed by atoms with E-state index in [-0.39, 0.29) is 28.8 Å². The summed E-state index contributed by atoms with van der Waals surface area (Å²) < 4.78 is 0. The smallest absolute Gasteiger partial charge is 0.261 e. The van der Waals surface area contributed by atoms with Crippen LogP contribution in [0.15, 0.2) is 41.2 Å². The molecule has 0 saturated heterocycles. The second kappa shape index (κ2) is 6.51. The fraction of sp³-hybridized carbons (Fsp3) is 0.368. The van der Waals surface area contributed by atoms with Gasteiger partial charge in [-0.2, -0.15) is 0 Å². The predicted molar refractivity (Wildman–Crippen MR) is 92.4 cm³/mol. The highest BCUT2D eigenvalue weighted by molar-refractivity contribution is 5.93. The van der Waals surface area contributed by atoms with Crippen LogP contribution in [-0.4, -0.2) is 34.0 Å². The summed E-state index contributed by atoms with van der Waals surface area (Å²) in [5, 5.41) is 9.33. The first kappa shape index (κ1) is 16.3. The van der Waals surface area contributed by atoms with Crippen LogP contribution >= 0.6 is 0 Å². The molecule has 1 aromatic heterocycles. The van der Waals surface area contributed by atoms with Crippen molar-refractivity contribution in [3.63, 3.8) is 0 Å². The van der Waals surface area contributed by atoms with Crippen molar-refractivity contribution in [2.24, 2.45) is 0 Å². The number of nitrogens with zero attached hydrogens (tertiary/aromatic N) is 1. The second-order valence-corrected chi connectivity index (χ2v) is 6.57. The molecule has 0 aliphatic heterocycles. The Morgan fingerprint density at radius 2 is 1.92 bits per heavy atom. The first-order chi connectivity index (χ1) is 11.5. The van der Waals surface area contributed by atoms with Gasteiger partial charge in [0.2, 0.25) is 0 Å². The van der Waals surface area contributed by atoms with E-state index in [9.17, 15) is 14.7 Å². The Labute approximate surface area is 140 Å². The number of pyridine rings is 1. The standard InChI is InChI=1S/C19H22N2O3/c1-12(11-13-3-7-15(22)8-4-13)21(2)19(24)16-9-10-17(14-5-6-14)20-18(16)23/h3-4,7-10,12,14,22H,5-6,11H2,1-2H3,(H,20,23). The van der Waals surface area contributed by atoms with Crippen LogP contribution in [-0.2, 0) is 6.42 Å². The molecule has 1 aromatic carbocycles. The summed E-state index contributed by atoms with van der Waals surface area (Å²) in [6.07, 6.45) is 2.86. The molecule has 1 unspecified atom stereocenters. The van der Waals surface area contributed by atoms with Crippen molar-refractivity contribution in [2.45, 2.75) is 38.1 Å². The van der Waals surface area contributed by atoms with Crippen LogP contribution in [0.4, 0.5) is 0 Å². The number of aromatic hydroxyl groups is 1. The number of aromatic amines is 1. The molecule has 1 saturated carbocycles. The number of hydrogen-bond donors (Lipinski definition) is 2. The fourth-order valence-electron chi connectivity index (χ4n) is 2.79. The monoisotopic (exact) mass is 326 g/mol. The first-order valence-electron chi connectivity index (χ1n) is 8.24. The molecule has 0 radical (unpaired) electrons. The quantitative estimate of drug-likeness (QED) is 0.887. The largest absolute Gasteiger partial charge is 0.508 e. The molecule has 0 bridgehead atoms. The molecule has 1 atom stereocenters. The number of rotatable bonds is 5. The Balaban J connectivity index is 1.71. The molecule has 24 heavy (non-hydrogen) atoms. The highest BCUT2D eigenvalue weighted by Crippen LogP contribution is 2.38. The van der Waals surface area contributed by atoms with Crippen molar-refractivity contribution in [2.75, 3.05) is 7.05 Å². The van der Waals surface area contributed by atoms with E-state index in [4.69, 9.17) is 0 Å². The molecule has 5 heteroatoms. The minimum atomic E-state index is -0.312. The summed E-state index contributed by atoms with van der Waals surface area (Å²) in [4.78, 5) is 29.2. The molecule has 5 nitrogen and oxygen atoms in total. The number of carbonyl (C=O) groups is 1. The van der Waals surface area contributed by atoms with Gasteiger partial charge in [0.1, 0.15) is 11.3 Å². The third kappa shape index (κ3) is 3.50. The molecule has 1 fully saturated rings. The van der Waals surface area contributed by atoms with E-state index in [0.29, 0.717) is 12.3 Å². The maximum absolute atomic E-state index is 12.6. The van der Waals surface area contributed by atoms with Gasteiger partial charge in [0.15, 0.2) is 0 Å². The Kier molecular flexibility index (Phi) is 4.42. The van der Waals surface area contributed by atoms with E-state index >= 15 is 0 Å². The molecular formula is C19H22N2O3. The predicted octanol–water partition coefficient (Wildman–Crippen LogP) is 2.66. The summed E-state index contributed by atoms with van der Waals surface area (Å²) in [6.45, 7) is 1.94. The van der Waals surface area contributed by atoms with Crippen LogP contribution in [0.1, 0.15) is 47.3 Å². The number of aromatic nitrogens is 1. The summed E-state index contributed by atoms with van der Waals surface area (Å²) in [5.74, 6) is 0.399. The molecule has 126 valence electrons. The Morgan fingerprint density at radius 3 is 2.50 bits per heavy atom. The zero-order valence-corrected chi connectivity index (χ0v) is 14.0. The highest BCUT2D eigenvalue weighted by atomic mass is 16.3. The van der Waals surface area contributed by atoms with Gasteiger partial charge < -0.3 is 15.0 Å². The molecule has 3 rings (SSSR count). The number of phenols is 1. The van der Waals surface area contributed by atoms with Crippen LogP contribution in [0.3, 0.4) is 0 Å². The van der Waals surface area contributed by atoms with Gasteiger partial charge in [-0.1, -0.05) is 12.1 Å². The average Bonchev–Trinajstić information content (AvgIpc) is 3.40. The van der Waals surface area contributed by atoms with Gasteiger partial charge in [-0.15, -0.1) is 0 Å². The maximum Gasteiger partial charge on any atom is 0.261 e. The number of nitrogens with one attached hydrogen (secondary N) is 1. The lowest BCUT2D eigenvalue weighted by Gasteiger charge is -2.25. The number of H-pyrrole nitrogens is 1. The van der Waals surface area contributed by atoms with E-state index in [2.05, 4.69) is 4.98 Å². The van der Waals surface area contributed by atoms with Crippen LogP contribution in [0, 0.1) is 0 Å². The van der Waals surface area contributed by atoms with Gasteiger partial charge in [-0.25, -0.2) is 0 Å². The lowest BCUT2D eigenvalue weighted by atomic mass is 10.1. The van der Waals surface area contributed by atoms with Crippen molar-refractivity contribution < 1.29 is 9.90 Å². The van der Waals surface area contributed by atoms with E-state index in [0.717, 1.165) is 24.1 Å². The number of likely N-dealkylation sites (N-methyl/N-ethyl adjacent to an activating group) is 1. The lowest BCUT2D eigenvalue weighted by molar-refractivity contribution is 0.0741. The lowest BCUT2D eigenvalue weighted by Crippen LogP contribution is -2.39. The summed E-state index contributed by atoms with van der Waals surface area (Å²) >= 11 is 0. The normalized spacial score (nSPS) is 15.1. The molecule has 2 N–H and O–H groups in total. The molecular weight excluding hydrogens is 304 g/mol. The van der Waals surface area contributed by atoms with Crippen molar-refractivity contribution >= 4 is 5.91 Å². The molecule has 1 heterocycles. The Hall–Kier alpha value is -2.56. The van der Waals surface area contributed by atoms with Gasteiger partial charge in [0, 0.05) is 18.8 Å². The zero-order valence-electron chi connectivity index (χ0n) is 14.0. The molecule has 1 amide bonds. The summed E-state index contributed by atoms with van der Waals surface area (Å²) in [6, 6.07) is 10.4.